The van der Waals surface area contributed by atoms with Crippen LogP contribution >= 0.6 is 0 Å². The molecule has 5 nitrogen and oxygen atoms in total. The molecule has 1 aromatic rings. The smallest absolute Gasteiger partial charge is 0.338 e. The predicted molar refractivity (Wildman–Crippen MR) is 79.7 cm³/mol. The average Bonchev–Trinajstić information content (AvgIpc) is 2.40. The molecular formula is C16H20N2O3. The van der Waals surface area contributed by atoms with Crippen molar-refractivity contribution >= 4 is 12.0 Å². The number of ether oxygens (including phenoxy) is 1. The Bertz CT molecular complexity index is 620. The summed E-state index contributed by atoms with van der Waals surface area (Å²) in [4.78, 5) is 24.0. The molecule has 1 heterocycles. The number of hydrogen-bond donors (Lipinski definition) is 2. The molecule has 1 unspecified atom stereocenters. The first-order valence-corrected chi connectivity index (χ1v) is 6.96. The first kappa shape index (κ1) is 15.1. The van der Waals surface area contributed by atoms with Crippen LogP contribution in [0.15, 0.2) is 29.5 Å². The van der Waals surface area contributed by atoms with E-state index in [1.54, 1.807) is 13.8 Å². The highest BCUT2D eigenvalue weighted by atomic mass is 16.5. The van der Waals surface area contributed by atoms with Crippen LogP contribution < -0.4 is 10.6 Å². The van der Waals surface area contributed by atoms with E-state index in [-0.39, 0.29) is 6.03 Å². The summed E-state index contributed by atoms with van der Waals surface area (Å²) in [6, 6.07) is 5.17. The Balaban J connectivity index is 2.52. The Morgan fingerprint density at radius 1 is 1.29 bits per heavy atom. The average molecular weight is 288 g/mol. The largest absolute Gasteiger partial charge is 0.463 e. The first-order chi connectivity index (χ1) is 9.93. The monoisotopic (exact) mass is 288 g/mol. The van der Waals surface area contributed by atoms with Crippen molar-refractivity contribution in [2.45, 2.75) is 33.7 Å². The van der Waals surface area contributed by atoms with E-state index in [4.69, 9.17) is 4.74 Å². The number of nitrogens with one attached hydrogen (secondary N) is 2. The normalized spacial score (nSPS) is 18.1. The Kier molecular flexibility index (Phi) is 4.31. The lowest BCUT2D eigenvalue weighted by Crippen LogP contribution is -2.45. The Morgan fingerprint density at radius 3 is 2.67 bits per heavy atom. The molecule has 0 saturated heterocycles. The van der Waals surface area contributed by atoms with Gasteiger partial charge in [-0.15, -0.1) is 0 Å². The predicted octanol–water partition coefficient (Wildman–Crippen LogP) is 2.49. The second-order valence-electron chi connectivity index (χ2n) is 5.15. The third kappa shape index (κ3) is 3.07. The van der Waals surface area contributed by atoms with Crippen LogP contribution in [0.25, 0.3) is 0 Å². The van der Waals surface area contributed by atoms with E-state index in [9.17, 15) is 9.59 Å². The van der Waals surface area contributed by atoms with E-state index in [0.717, 1.165) is 16.7 Å². The van der Waals surface area contributed by atoms with E-state index in [2.05, 4.69) is 10.6 Å². The number of esters is 1. The number of carbonyl (C=O) groups is 2. The number of hydrogen-bond acceptors (Lipinski definition) is 3. The molecule has 5 heteroatoms. The van der Waals surface area contributed by atoms with Crippen molar-refractivity contribution in [1.29, 1.82) is 0 Å². The summed E-state index contributed by atoms with van der Waals surface area (Å²) < 4.78 is 5.12. The zero-order valence-corrected chi connectivity index (χ0v) is 12.7. The van der Waals surface area contributed by atoms with Crippen LogP contribution in [-0.4, -0.2) is 18.6 Å². The molecule has 21 heavy (non-hydrogen) atoms. The van der Waals surface area contributed by atoms with Crippen LogP contribution in [0.5, 0.6) is 0 Å². The second kappa shape index (κ2) is 5.99. The quantitative estimate of drug-likeness (QED) is 0.840. The third-order valence-electron chi connectivity index (χ3n) is 3.51. The molecule has 2 amide bonds. The van der Waals surface area contributed by atoms with Gasteiger partial charge in [-0.05, 0) is 38.8 Å². The number of carbonyl (C=O) groups excluding carboxylic acids is 2. The van der Waals surface area contributed by atoms with Gasteiger partial charge in [-0.25, -0.2) is 9.59 Å². The number of aryl methyl sites for hydroxylation is 2. The second-order valence-corrected chi connectivity index (χ2v) is 5.15. The summed E-state index contributed by atoms with van der Waals surface area (Å²) >= 11 is 0. The van der Waals surface area contributed by atoms with Crippen LogP contribution in [0.3, 0.4) is 0 Å². The third-order valence-corrected chi connectivity index (χ3v) is 3.51. The topological polar surface area (TPSA) is 67.4 Å². The van der Waals surface area contributed by atoms with Gasteiger partial charge in [0.15, 0.2) is 0 Å². The van der Waals surface area contributed by atoms with Crippen LogP contribution in [0.1, 0.15) is 36.6 Å². The first-order valence-electron chi connectivity index (χ1n) is 6.96. The summed E-state index contributed by atoms with van der Waals surface area (Å²) in [6.45, 7) is 7.70. The van der Waals surface area contributed by atoms with Crippen molar-refractivity contribution in [3.63, 3.8) is 0 Å². The molecule has 1 atom stereocenters. The Labute approximate surface area is 124 Å². The molecule has 1 aromatic carbocycles. The van der Waals surface area contributed by atoms with Gasteiger partial charge in [0.25, 0.3) is 0 Å². The van der Waals surface area contributed by atoms with Crippen molar-refractivity contribution in [2.24, 2.45) is 0 Å². The van der Waals surface area contributed by atoms with E-state index in [1.807, 2.05) is 32.0 Å². The molecule has 0 aliphatic carbocycles. The van der Waals surface area contributed by atoms with E-state index in [1.165, 1.54) is 0 Å². The van der Waals surface area contributed by atoms with Gasteiger partial charge in [0, 0.05) is 5.70 Å². The number of benzene rings is 1. The van der Waals surface area contributed by atoms with Gasteiger partial charge in [-0.2, -0.15) is 0 Å². The van der Waals surface area contributed by atoms with Crippen molar-refractivity contribution < 1.29 is 14.3 Å². The van der Waals surface area contributed by atoms with Crippen molar-refractivity contribution in [1.82, 2.24) is 10.6 Å². The summed E-state index contributed by atoms with van der Waals surface area (Å²) in [5.74, 6) is -0.409. The summed E-state index contributed by atoms with van der Waals surface area (Å²) in [7, 11) is 0. The Hall–Kier alpha value is -2.30. The van der Waals surface area contributed by atoms with E-state index >= 15 is 0 Å². The van der Waals surface area contributed by atoms with Gasteiger partial charge in [0.05, 0.1) is 18.2 Å². The Morgan fingerprint density at radius 2 is 2.00 bits per heavy atom. The van der Waals surface area contributed by atoms with Gasteiger partial charge in [0.2, 0.25) is 0 Å². The summed E-state index contributed by atoms with van der Waals surface area (Å²) in [6.07, 6.45) is 0. The zero-order chi connectivity index (χ0) is 15.6. The lowest BCUT2D eigenvalue weighted by Gasteiger charge is -2.29. The van der Waals surface area contributed by atoms with Crippen molar-refractivity contribution in [3.05, 3.63) is 46.2 Å². The lowest BCUT2D eigenvalue weighted by atomic mass is 9.91. The van der Waals surface area contributed by atoms with Gasteiger partial charge in [-0.1, -0.05) is 23.8 Å². The fourth-order valence-electron chi connectivity index (χ4n) is 2.48. The minimum absolute atomic E-state index is 0.295. The van der Waals surface area contributed by atoms with Gasteiger partial charge < -0.3 is 15.4 Å². The van der Waals surface area contributed by atoms with Crippen LogP contribution in [0.2, 0.25) is 0 Å². The van der Waals surface area contributed by atoms with Crippen LogP contribution in [0.4, 0.5) is 4.79 Å². The molecule has 0 fully saturated rings. The van der Waals surface area contributed by atoms with Crippen molar-refractivity contribution in [3.8, 4) is 0 Å². The summed E-state index contributed by atoms with van der Waals surface area (Å²) in [5.41, 5.74) is 3.98. The maximum Gasteiger partial charge on any atom is 0.338 e. The van der Waals surface area contributed by atoms with Crippen LogP contribution in [-0.2, 0) is 9.53 Å². The number of amides is 2. The highest BCUT2D eigenvalue weighted by Crippen LogP contribution is 2.30. The highest BCUT2D eigenvalue weighted by Gasteiger charge is 2.32. The molecule has 112 valence electrons. The molecule has 0 radical (unpaired) electrons. The fourth-order valence-corrected chi connectivity index (χ4v) is 2.48. The van der Waals surface area contributed by atoms with Gasteiger partial charge >= 0.3 is 12.0 Å². The lowest BCUT2D eigenvalue weighted by molar-refractivity contribution is -0.139. The standard InChI is InChI=1S/C16H20N2O3/c1-5-21-15(19)13-11(4)17-16(20)18-14(13)12-8-9(2)6-7-10(12)3/h6-8,14H,5H2,1-4H3,(H2,17,18,20). The molecule has 0 bridgehead atoms. The zero-order valence-electron chi connectivity index (χ0n) is 12.7. The minimum atomic E-state index is -0.488. The van der Waals surface area contributed by atoms with E-state index in [0.29, 0.717) is 17.9 Å². The van der Waals surface area contributed by atoms with Gasteiger partial charge in [0.1, 0.15) is 0 Å². The van der Waals surface area contributed by atoms with Crippen LogP contribution in [0, 0.1) is 13.8 Å². The molecule has 2 N–H and O–H groups in total. The van der Waals surface area contributed by atoms with E-state index < -0.39 is 12.0 Å². The maximum atomic E-state index is 12.2. The number of rotatable bonds is 3. The molecule has 2 rings (SSSR count). The molecule has 0 saturated carbocycles. The minimum Gasteiger partial charge on any atom is -0.463 e. The molecule has 0 aromatic heterocycles. The highest BCUT2D eigenvalue weighted by molar-refractivity contribution is 5.95. The molecule has 0 spiro atoms. The SMILES string of the molecule is CCOC(=O)C1=C(C)NC(=O)NC1c1cc(C)ccc1C. The maximum absolute atomic E-state index is 12.2. The fraction of sp³-hybridized carbons (Fsp3) is 0.375. The molecular weight excluding hydrogens is 268 g/mol. The number of urea groups is 1. The van der Waals surface area contributed by atoms with Gasteiger partial charge in [-0.3, -0.25) is 0 Å². The van der Waals surface area contributed by atoms with Crippen molar-refractivity contribution in [2.75, 3.05) is 6.61 Å². The molecule has 1 aliphatic heterocycles. The molecule has 1 aliphatic rings. The summed E-state index contributed by atoms with van der Waals surface area (Å²) in [5, 5.41) is 5.44. The number of allylic oxidation sites excluding steroid dienone is 1.